The molecule has 0 bridgehead atoms. The van der Waals surface area contributed by atoms with E-state index in [-0.39, 0.29) is 11.7 Å². The topological polar surface area (TPSA) is 40.9 Å². The van der Waals surface area contributed by atoms with Crippen LogP contribution in [0.5, 0.6) is 0 Å². The van der Waals surface area contributed by atoms with E-state index >= 15 is 0 Å². The molecule has 0 radical (unpaired) electrons. The number of ketones is 1. The zero-order valence-electron chi connectivity index (χ0n) is 11.7. The third-order valence-electron chi connectivity index (χ3n) is 3.18. The van der Waals surface area contributed by atoms with Gasteiger partial charge in [-0.05, 0) is 12.3 Å². The largest absolute Gasteiger partial charge is 0.298 e. The molecule has 0 aromatic rings. The van der Waals surface area contributed by atoms with Crippen LogP contribution in [0.4, 0.5) is 0 Å². The number of carbonyl (C=O) groups excluding carboxylic acids is 1. The molecule has 98 valence electrons. The van der Waals surface area contributed by atoms with Gasteiger partial charge in [0.1, 0.15) is 11.7 Å². The highest BCUT2D eigenvalue weighted by atomic mass is 16.1. The summed E-state index contributed by atoms with van der Waals surface area (Å²) >= 11 is 0. The van der Waals surface area contributed by atoms with E-state index in [0.717, 1.165) is 12.8 Å². The number of rotatable bonds is 10. The summed E-state index contributed by atoms with van der Waals surface area (Å²) in [4.78, 5) is 11.7. The monoisotopic (exact) mass is 237 g/mol. The molecule has 0 N–H and O–H groups in total. The molecular weight excluding hydrogens is 210 g/mol. The summed E-state index contributed by atoms with van der Waals surface area (Å²) in [6.45, 7) is 6.10. The Morgan fingerprint density at radius 3 is 2.06 bits per heavy atom. The van der Waals surface area contributed by atoms with Crippen molar-refractivity contribution in [3.8, 4) is 6.07 Å². The maximum Gasteiger partial charge on any atom is 0.150 e. The van der Waals surface area contributed by atoms with Crippen LogP contribution in [0.15, 0.2) is 0 Å². The molecule has 0 saturated heterocycles. The molecule has 2 nitrogen and oxygen atoms in total. The minimum Gasteiger partial charge on any atom is -0.298 e. The van der Waals surface area contributed by atoms with Crippen molar-refractivity contribution < 1.29 is 4.79 Å². The van der Waals surface area contributed by atoms with E-state index in [2.05, 4.69) is 13.0 Å². The molecule has 17 heavy (non-hydrogen) atoms. The Morgan fingerprint density at radius 2 is 1.59 bits per heavy atom. The molecule has 0 aromatic carbocycles. The molecular formula is C15H27NO. The van der Waals surface area contributed by atoms with E-state index in [1.807, 2.05) is 13.8 Å². The Morgan fingerprint density at radius 1 is 1.06 bits per heavy atom. The van der Waals surface area contributed by atoms with Gasteiger partial charge in [-0.15, -0.1) is 0 Å². The van der Waals surface area contributed by atoms with Crippen molar-refractivity contribution in [3.05, 3.63) is 0 Å². The average Bonchev–Trinajstić information content (AvgIpc) is 2.28. The van der Waals surface area contributed by atoms with E-state index in [0.29, 0.717) is 6.42 Å². The predicted molar refractivity (Wildman–Crippen MR) is 71.6 cm³/mol. The lowest BCUT2D eigenvalue weighted by molar-refractivity contribution is -0.122. The van der Waals surface area contributed by atoms with Crippen molar-refractivity contribution in [2.24, 2.45) is 11.8 Å². The van der Waals surface area contributed by atoms with Crippen molar-refractivity contribution in [2.45, 2.75) is 72.1 Å². The maximum atomic E-state index is 11.7. The Hall–Kier alpha value is -0.840. The van der Waals surface area contributed by atoms with Crippen molar-refractivity contribution in [2.75, 3.05) is 0 Å². The molecule has 0 aromatic heterocycles. The molecule has 0 aliphatic heterocycles. The van der Waals surface area contributed by atoms with Gasteiger partial charge in [0.05, 0.1) is 6.07 Å². The molecule has 0 spiro atoms. The SMILES string of the molecule is CCCCCCCCCC(=O)C(C#N)C(C)C. The first kappa shape index (κ1) is 16.2. The van der Waals surface area contributed by atoms with Crippen LogP contribution in [0.1, 0.15) is 72.1 Å². The van der Waals surface area contributed by atoms with Crippen LogP contribution in [-0.4, -0.2) is 5.78 Å². The lowest BCUT2D eigenvalue weighted by Gasteiger charge is -2.11. The van der Waals surface area contributed by atoms with Gasteiger partial charge in [-0.1, -0.05) is 59.3 Å². The van der Waals surface area contributed by atoms with Crippen LogP contribution in [0, 0.1) is 23.2 Å². The Kier molecular flexibility index (Phi) is 9.81. The summed E-state index contributed by atoms with van der Waals surface area (Å²) < 4.78 is 0. The fourth-order valence-electron chi connectivity index (χ4n) is 2.00. The Bertz CT molecular complexity index is 240. The van der Waals surface area contributed by atoms with Gasteiger partial charge in [0.25, 0.3) is 0 Å². The number of nitriles is 1. The second kappa shape index (κ2) is 10.3. The fraction of sp³-hybridized carbons (Fsp3) is 0.867. The predicted octanol–water partition coefficient (Wildman–Crippen LogP) is 4.49. The fourth-order valence-corrected chi connectivity index (χ4v) is 2.00. The standard InChI is InChI=1S/C15H27NO/c1-4-5-6-7-8-9-10-11-15(17)14(12-16)13(2)3/h13-14H,4-11H2,1-3H3. The summed E-state index contributed by atoms with van der Waals surface area (Å²) in [6.07, 6.45) is 9.10. The van der Waals surface area contributed by atoms with Crippen LogP contribution >= 0.6 is 0 Å². The van der Waals surface area contributed by atoms with Gasteiger partial charge in [0.2, 0.25) is 0 Å². The summed E-state index contributed by atoms with van der Waals surface area (Å²) in [7, 11) is 0. The average molecular weight is 237 g/mol. The van der Waals surface area contributed by atoms with Crippen LogP contribution in [0.2, 0.25) is 0 Å². The van der Waals surface area contributed by atoms with E-state index in [1.54, 1.807) is 0 Å². The van der Waals surface area contributed by atoms with Crippen LogP contribution in [0.3, 0.4) is 0 Å². The van der Waals surface area contributed by atoms with Crippen molar-refractivity contribution in [1.29, 1.82) is 5.26 Å². The first-order valence-corrected chi connectivity index (χ1v) is 7.05. The van der Waals surface area contributed by atoms with Crippen LogP contribution in [0.25, 0.3) is 0 Å². The quantitative estimate of drug-likeness (QED) is 0.525. The molecule has 0 rings (SSSR count). The smallest absolute Gasteiger partial charge is 0.150 e. The lowest BCUT2D eigenvalue weighted by atomic mass is 9.90. The molecule has 0 heterocycles. The number of hydrogen-bond donors (Lipinski definition) is 0. The molecule has 0 fully saturated rings. The normalized spacial score (nSPS) is 12.4. The van der Waals surface area contributed by atoms with Gasteiger partial charge >= 0.3 is 0 Å². The second-order valence-corrected chi connectivity index (χ2v) is 5.19. The third-order valence-corrected chi connectivity index (χ3v) is 3.18. The summed E-state index contributed by atoms with van der Waals surface area (Å²) in [6, 6.07) is 2.12. The summed E-state index contributed by atoms with van der Waals surface area (Å²) in [5.41, 5.74) is 0. The van der Waals surface area contributed by atoms with Crippen LogP contribution < -0.4 is 0 Å². The molecule has 1 unspecified atom stereocenters. The highest BCUT2D eigenvalue weighted by Crippen LogP contribution is 2.15. The zero-order valence-corrected chi connectivity index (χ0v) is 11.7. The Balaban J connectivity index is 3.55. The number of unbranched alkanes of at least 4 members (excludes halogenated alkanes) is 6. The first-order chi connectivity index (χ1) is 8.13. The summed E-state index contributed by atoms with van der Waals surface area (Å²) in [5.74, 6) is -0.108. The van der Waals surface area contributed by atoms with E-state index in [9.17, 15) is 4.79 Å². The van der Waals surface area contributed by atoms with E-state index < -0.39 is 5.92 Å². The van der Waals surface area contributed by atoms with Gasteiger partial charge < -0.3 is 0 Å². The van der Waals surface area contributed by atoms with Crippen molar-refractivity contribution in [1.82, 2.24) is 0 Å². The van der Waals surface area contributed by atoms with E-state index in [4.69, 9.17) is 5.26 Å². The highest BCUT2D eigenvalue weighted by Gasteiger charge is 2.20. The molecule has 0 aliphatic carbocycles. The van der Waals surface area contributed by atoms with Gasteiger partial charge in [-0.25, -0.2) is 0 Å². The van der Waals surface area contributed by atoms with Crippen molar-refractivity contribution in [3.63, 3.8) is 0 Å². The minimum absolute atomic E-state index is 0.135. The molecule has 0 amide bonds. The second-order valence-electron chi connectivity index (χ2n) is 5.19. The molecule has 0 aliphatic rings. The third kappa shape index (κ3) is 7.96. The Labute approximate surface area is 106 Å². The van der Waals surface area contributed by atoms with Gasteiger partial charge in [-0.3, -0.25) is 4.79 Å². The van der Waals surface area contributed by atoms with Crippen LogP contribution in [-0.2, 0) is 4.79 Å². The molecule has 2 heteroatoms. The number of Topliss-reactive ketones (excluding diaryl/α,β-unsaturated/α-hetero) is 1. The van der Waals surface area contributed by atoms with Gasteiger partial charge in [0, 0.05) is 6.42 Å². The maximum absolute atomic E-state index is 11.7. The van der Waals surface area contributed by atoms with Crippen molar-refractivity contribution >= 4 is 5.78 Å². The summed E-state index contributed by atoms with van der Waals surface area (Å²) in [5, 5.41) is 8.90. The molecule has 0 saturated carbocycles. The zero-order chi connectivity index (χ0) is 13.1. The van der Waals surface area contributed by atoms with E-state index in [1.165, 1.54) is 32.1 Å². The highest BCUT2D eigenvalue weighted by molar-refractivity contribution is 5.83. The number of carbonyl (C=O) groups is 1. The first-order valence-electron chi connectivity index (χ1n) is 7.05. The number of hydrogen-bond acceptors (Lipinski definition) is 2. The molecule has 1 atom stereocenters. The van der Waals surface area contributed by atoms with Gasteiger partial charge in [0.15, 0.2) is 0 Å². The van der Waals surface area contributed by atoms with Gasteiger partial charge in [-0.2, -0.15) is 5.26 Å². The lowest BCUT2D eigenvalue weighted by Crippen LogP contribution is -2.18. The number of nitrogens with zero attached hydrogens (tertiary/aromatic N) is 1. The minimum atomic E-state index is -0.393.